The van der Waals surface area contributed by atoms with Crippen LogP contribution in [0, 0.1) is 24.0 Å². The number of ether oxygens (including phenoxy) is 2. The Morgan fingerprint density at radius 2 is 2.04 bits per heavy atom. The molecule has 2 aromatic rings. The van der Waals surface area contributed by atoms with E-state index in [2.05, 4.69) is 10.5 Å². The van der Waals surface area contributed by atoms with Crippen molar-refractivity contribution in [2.45, 2.75) is 13.8 Å². The molecule has 1 amide bonds. The molecule has 9 heteroatoms. The molecule has 9 nitrogen and oxygen atoms in total. The van der Waals surface area contributed by atoms with Crippen LogP contribution in [0.2, 0.25) is 0 Å². The molecule has 2 aromatic carbocycles. The number of carbonyl (C=O) groups excluding carboxylic acids is 1. The molecule has 2 N–H and O–H groups in total. The lowest BCUT2D eigenvalue weighted by Gasteiger charge is -2.07. The fourth-order valence-electron chi connectivity index (χ4n) is 2.13. The monoisotopic (exact) mass is 373 g/mol. The van der Waals surface area contributed by atoms with Gasteiger partial charge in [-0.3, -0.25) is 14.9 Å². The molecule has 0 aromatic heterocycles. The van der Waals surface area contributed by atoms with E-state index in [9.17, 15) is 20.0 Å². The zero-order valence-corrected chi connectivity index (χ0v) is 15.1. The molecule has 0 fully saturated rings. The van der Waals surface area contributed by atoms with E-state index in [-0.39, 0.29) is 29.4 Å². The second-order valence-electron chi connectivity index (χ2n) is 5.67. The zero-order valence-electron chi connectivity index (χ0n) is 15.1. The number of aromatic hydroxyl groups is 1. The molecule has 0 aliphatic rings. The number of methoxy groups -OCH3 is 1. The van der Waals surface area contributed by atoms with E-state index in [0.717, 1.165) is 29.5 Å². The van der Waals surface area contributed by atoms with Gasteiger partial charge in [0, 0.05) is 11.6 Å². The van der Waals surface area contributed by atoms with E-state index in [0.29, 0.717) is 5.75 Å². The summed E-state index contributed by atoms with van der Waals surface area (Å²) in [5.74, 6) is -0.373. The van der Waals surface area contributed by atoms with Crippen LogP contribution in [0.4, 0.5) is 5.69 Å². The standard InChI is InChI=1S/C18H19N3O6/c1-11-4-5-15(6-12(11)2)27-10-17(22)20-19-9-13-7-14(21(24)25)8-16(26-3)18(13)23/h4-9,23H,10H2,1-3H3,(H,20,22). The Morgan fingerprint density at radius 3 is 2.67 bits per heavy atom. The number of non-ortho nitro benzene ring substituents is 1. The number of nitrogens with zero attached hydrogens (tertiary/aromatic N) is 2. The average molecular weight is 373 g/mol. The average Bonchev–Trinajstić information content (AvgIpc) is 2.63. The highest BCUT2D eigenvalue weighted by molar-refractivity contribution is 5.87. The molecule has 0 bridgehead atoms. The van der Waals surface area contributed by atoms with Crippen molar-refractivity contribution in [3.63, 3.8) is 0 Å². The van der Waals surface area contributed by atoms with Gasteiger partial charge in [0.2, 0.25) is 0 Å². The number of nitro groups is 1. The van der Waals surface area contributed by atoms with Gasteiger partial charge in [0.15, 0.2) is 18.1 Å². The van der Waals surface area contributed by atoms with E-state index in [4.69, 9.17) is 9.47 Å². The predicted octanol–water partition coefficient (Wildman–Crippen LogP) is 2.45. The molecule has 0 aliphatic heterocycles. The Kier molecular flexibility index (Phi) is 6.32. The fourth-order valence-corrected chi connectivity index (χ4v) is 2.13. The number of aryl methyl sites for hydroxylation is 2. The van der Waals surface area contributed by atoms with Crippen molar-refractivity contribution in [2.24, 2.45) is 5.10 Å². The number of carbonyl (C=O) groups is 1. The molecule has 0 unspecified atom stereocenters. The lowest BCUT2D eigenvalue weighted by atomic mass is 10.1. The number of hydrazone groups is 1. The third-order valence-corrected chi connectivity index (χ3v) is 3.76. The van der Waals surface area contributed by atoms with Gasteiger partial charge in [-0.1, -0.05) is 6.07 Å². The maximum Gasteiger partial charge on any atom is 0.277 e. The SMILES string of the molecule is COc1cc([N+](=O)[O-])cc(C=NNC(=O)COc2ccc(C)c(C)c2)c1O. The molecule has 27 heavy (non-hydrogen) atoms. The summed E-state index contributed by atoms with van der Waals surface area (Å²) < 4.78 is 10.3. The summed E-state index contributed by atoms with van der Waals surface area (Å²) in [6.45, 7) is 3.65. The van der Waals surface area contributed by atoms with Crippen molar-refractivity contribution in [3.8, 4) is 17.2 Å². The molecule has 0 saturated heterocycles. The minimum absolute atomic E-state index is 0.0245. The second kappa shape index (κ2) is 8.65. The molecule has 0 spiro atoms. The first-order valence-corrected chi connectivity index (χ1v) is 7.89. The summed E-state index contributed by atoms with van der Waals surface area (Å²) in [6.07, 6.45) is 1.08. The van der Waals surface area contributed by atoms with Gasteiger partial charge in [-0.25, -0.2) is 5.43 Å². The maximum atomic E-state index is 11.8. The van der Waals surface area contributed by atoms with Gasteiger partial charge in [-0.05, 0) is 37.1 Å². The predicted molar refractivity (Wildman–Crippen MR) is 98.5 cm³/mol. The highest BCUT2D eigenvalue weighted by atomic mass is 16.6. The first-order chi connectivity index (χ1) is 12.8. The highest BCUT2D eigenvalue weighted by Crippen LogP contribution is 2.33. The zero-order chi connectivity index (χ0) is 20.0. The number of hydrogen-bond acceptors (Lipinski definition) is 7. The van der Waals surface area contributed by atoms with Crippen molar-refractivity contribution in [1.82, 2.24) is 5.43 Å². The Balaban J connectivity index is 2.00. The first-order valence-electron chi connectivity index (χ1n) is 7.89. The molecular weight excluding hydrogens is 354 g/mol. The lowest BCUT2D eigenvalue weighted by Crippen LogP contribution is -2.24. The molecule has 0 saturated carbocycles. The van der Waals surface area contributed by atoms with Crippen LogP contribution in [0.25, 0.3) is 0 Å². The largest absolute Gasteiger partial charge is 0.504 e. The van der Waals surface area contributed by atoms with Crippen LogP contribution in [0.15, 0.2) is 35.4 Å². The van der Waals surface area contributed by atoms with Gasteiger partial charge in [0.1, 0.15) is 5.75 Å². The van der Waals surface area contributed by atoms with Crippen LogP contribution >= 0.6 is 0 Å². The molecule has 0 heterocycles. The van der Waals surface area contributed by atoms with Crippen molar-refractivity contribution in [2.75, 3.05) is 13.7 Å². The molecule has 0 aliphatic carbocycles. The Bertz CT molecular complexity index is 895. The molecular formula is C18H19N3O6. The van der Waals surface area contributed by atoms with Crippen LogP contribution in [0.5, 0.6) is 17.2 Å². The lowest BCUT2D eigenvalue weighted by molar-refractivity contribution is -0.385. The van der Waals surface area contributed by atoms with Gasteiger partial charge in [0.05, 0.1) is 24.3 Å². The van der Waals surface area contributed by atoms with Crippen LogP contribution in [-0.4, -0.2) is 35.9 Å². The summed E-state index contributed by atoms with van der Waals surface area (Å²) in [7, 11) is 1.27. The number of phenols is 1. The summed E-state index contributed by atoms with van der Waals surface area (Å²) in [4.78, 5) is 22.1. The van der Waals surface area contributed by atoms with E-state index < -0.39 is 10.8 Å². The molecule has 2 rings (SSSR count). The summed E-state index contributed by atoms with van der Waals surface area (Å²) in [5.41, 5.74) is 4.12. The Morgan fingerprint density at radius 1 is 1.30 bits per heavy atom. The third kappa shape index (κ3) is 5.18. The van der Waals surface area contributed by atoms with Crippen LogP contribution in [0.3, 0.4) is 0 Å². The Hall–Kier alpha value is -3.62. The van der Waals surface area contributed by atoms with Crippen LogP contribution in [-0.2, 0) is 4.79 Å². The first kappa shape index (κ1) is 19.7. The second-order valence-corrected chi connectivity index (χ2v) is 5.67. The Labute approximate surface area is 155 Å². The molecule has 142 valence electrons. The number of phenolic OH excluding ortho intramolecular Hbond substituents is 1. The minimum Gasteiger partial charge on any atom is -0.504 e. The van der Waals surface area contributed by atoms with E-state index in [1.165, 1.54) is 7.11 Å². The van der Waals surface area contributed by atoms with E-state index in [1.54, 1.807) is 6.07 Å². The van der Waals surface area contributed by atoms with Gasteiger partial charge >= 0.3 is 0 Å². The van der Waals surface area contributed by atoms with Crippen molar-refractivity contribution in [3.05, 3.63) is 57.1 Å². The minimum atomic E-state index is -0.630. The topological polar surface area (TPSA) is 123 Å². The number of amides is 1. The fraction of sp³-hybridized carbons (Fsp3) is 0.222. The summed E-state index contributed by atoms with van der Waals surface area (Å²) in [6, 6.07) is 7.66. The number of nitro benzene ring substituents is 1. The normalized spacial score (nSPS) is 10.6. The number of nitrogens with one attached hydrogen (secondary N) is 1. The van der Waals surface area contributed by atoms with E-state index in [1.807, 2.05) is 26.0 Å². The quantitative estimate of drug-likeness (QED) is 0.436. The third-order valence-electron chi connectivity index (χ3n) is 3.76. The van der Waals surface area contributed by atoms with Crippen molar-refractivity contribution in [1.29, 1.82) is 0 Å². The van der Waals surface area contributed by atoms with Gasteiger partial charge in [-0.15, -0.1) is 0 Å². The smallest absolute Gasteiger partial charge is 0.277 e. The maximum absolute atomic E-state index is 11.8. The van der Waals surface area contributed by atoms with Crippen molar-refractivity contribution >= 4 is 17.8 Å². The van der Waals surface area contributed by atoms with Crippen molar-refractivity contribution < 1.29 is 24.3 Å². The van der Waals surface area contributed by atoms with E-state index >= 15 is 0 Å². The van der Waals surface area contributed by atoms with Gasteiger partial charge < -0.3 is 14.6 Å². The van der Waals surface area contributed by atoms with Gasteiger partial charge in [0.25, 0.3) is 11.6 Å². The van der Waals surface area contributed by atoms with Gasteiger partial charge in [-0.2, -0.15) is 5.10 Å². The highest BCUT2D eigenvalue weighted by Gasteiger charge is 2.15. The van der Waals surface area contributed by atoms with Crippen LogP contribution < -0.4 is 14.9 Å². The molecule has 0 atom stereocenters. The number of rotatable bonds is 7. The summed E-state index contributed by atoms with van der Waals surface area (Å²) in [5, 5.41) is 24.6. The number of benzene rings is 2. The summed E-state index contributed by atoms with van der Waals surface area (Å²) >= 11 is 0. The van der Waals surface area contributed by atoms with Crippen LogP contribution in [0.1, 0.15) is 16.7 Å². The molecule has 0 radical (unpaired) electrons. The number of hydrogen-bond donors (Lipinski definition) is 2.